The van der Waals surface area contributed by atoms with Gasteiger partial charge in [-0.15, -0.1) is 0 Å². The van der Waals surface area contributed by atoms with Gasteiger partial charge in [-0.2, -0.15) is 0 Å². The topological polar surface area (TPSA) is 271 Å². The third-order valence-corrected chi connectivity index (χ3v) is 7.70. The Kier molecular flexibility index (Phi) is 8.16. The number of phenols is 3. The second-order valence-corrected chi connectivity index (χ2v) is 10.2. The Bertz CT molecular complexity index is 1500. The predicted molar refractivity (Wildman–Crippen MR) is 138 cm³/mol. The van der Waals surface area contributed by atoms with Gasteiger partial charge in [-0.05, 0) is 24.3 Å². The number of fused-ring (bicyclic) bond motifs is 1. The van der Waals surface area contributed by atoms with Gasteiger partial charge >= 0.3 is 0 Å². The van der Waals surface area contributed by atoms with Crippen molar-refractivity contribution >= 4 is 11.0 Å². The van der Waals surface area contributed by atoms with E-state index in [9.17, 15) is 61.0 Å². The zero-order valence-corrected chi connectivity index (χ0v) is 21.6. The fraction of sp³-hybridized carbons (Fsp3) is 0.444. The van der Waals surface area contributed by atoms with Gasteiger partial charge in [0.05, 0.1) is 24.3 Å². The van der Waals surface area contributed by atoms with E-state index in [0.29, 0.717) is 0 Å². The van der Waals surface area contributed by atoms with Crippen LogP contribution >= 0.6 is 0 Å². The van der Waals surface area contributed by atoms with Crippen LogP contribution in [0.3, 0.4) is 0 Å². The third kappa shape index (κ3) is 4.79. The van der Waals surface area contributed by atoms with Crippen molar-refractivity contribution in [3.63, 3.8) is 0 Å². The third-order valence-electron chi connectivity index (χ3n) is 7.70. The van der Waals surface area contributed by atoms with Gasteiger partial charge in [-0.3, -0.25) is 4.79 Å². The summed E-state index contributed by atoms with van der Waals surface area (Å²) in [6.07, 6.45) is -18.2. The van der Waals surface area contributed by atoms with Crippen LogP contribution in [-0.4, -0.2) is 118 Å². The Labute approximate surface area is 235 Å². The zero-order valence-electron chi connectivity index (χ0n) is 21.6. The van der Waals surface area contributed by atoms with Gasteiger partial charge in [0.1, 0.15) is 89.4 Å². The van der Waals surface area contributed by atoms with Crippen molar-refractivity contribution in [3.05, 3.63) is 51.7 Å². The summed E-state index contributed by atoms with van der Waals surface area (Å²) in [4.78, 5) is 13.5. The Hall–Kier alpha value is -3.35. The quantitative estimate of drug-likeness (QED) is 0.147. The van der Waals surface area contributed by atoms with Crippen molar-refractivity contribution in [1.29, 1.82) is 0 Å². The van der Waals surface area contributed by atoms with Gasteiger partial charge in [-0.25, -0.2) is 0 Å². The minimum absolute atomic E-state index is 0.0941. The van der Waals surface area contributed by atoms with E-state index in [2.05, 4.69) is 0 Å². The molecule has 0 amide bonds. The van der Waals surface area contributed by atoms with Crippen LogP contribution in [0.25, 0.3) is 22.3 Å². The number of rotatable bonds is 5. The molecule has 15 nitrogen and oxygen atoms in total. The van der Waals surface area contributed by atoms with Gasteiger partial charge < -0.3 is 70.1 Å². The van der Waals surface area contributed by atoms with Crippen LogP contribution < -0.4 is 5.43 Å². The van der Waals surface area contributed by atoms with Crippen molar-refractivity contribution in [3.8, 4) is 28.6 Å². The fourth-order valence-corrected chi connectivity index (χ4v) is 5.39. The lowest BCUT2D eigenvalue weighted by atomic mass is 9.85. The van der Waals surface area contributed by atoms with Crippen molar-refractivity contribution in [2.24, 2.45) is 0 Å². The minimum Gasteiger partial charge on any atom is -0.508 e. The lowest BCUT2D eigenvalue weighted by Gasteiger charge is -2.42. The first-order valence-corrected chi connectivity index (χ1v) is 12.9. The van der Waals surface area contributed by atoms with Gasteiger partial charge in [0.2, 0.25) is 0 Å². The van der Waals surface area contributed by atoms with Crippen LogP contribution in [0.2, 0.25) is 0 Å². The standard InChI is InChI=1S/C27H30O15/c28-6-12-17(32)21(36)23(38)26(41-12)15-19(34)14-10(31)5-11(8-1-3-9(30)4-2-8)40-25(14)16(20(15)35)27-24(39)22(37)18(33)13(7-29)42-27/h1-5,12-13,17-18,21-24,26-30,32-39H,6-7H2/t12-,13+,17-,18+,21+,22-,23-,24-,26+,27+/m1/s1. The highest BCUT2D eigenvalue weighted by molar-refractivity contribution is 5.92. The van der Waals surface area contributed by atoms with Gasteiger partial charge in [-0.1, -0.05) is 0 Å². The Balaban J connectivity index is 1.82. The maximum Gasteiger partial charge on any atom is 0.197 e. The van der Waals surface area contributed by atoms with Crippen molar-refractivity contribution in [1.82, 2.24) is 0 Å². The number of benzene rings is 2. The molecule has 2 saturated heterocycles. The maximum absolute atomic E-state index is 13.5. The monoisotopic (exact) mass is 594 g/mol. The SMILES string of the molecule is O=c1cc(-c2ccc(O)cc2)oc2c([C@@H]3O[C@@H](CO)[C@H](O)[C@@H](O)[C@H]3O)c(O)c([C@@H]3O[C@H](CO)[C@@H](O)[C@H](O)[C@H]3O)c(O)c12. The van der Waals surface area contributed by atoms with E-state index >= 15 is 0 Å². The summed E-state index contributed by atoms with van der Waals surface area (Å²) in [5.74, 6) is -2.20. The van der Waals surface area contributed by atoms with Gasteiger partial charge in [0.25, 0.3) is 0 Å². The van der Waals surface area contributed by atoms with E-state index in [1.165, 1.54) is 24.3 Å². The summed E-state index contributed by atoms with van der Waals surface area (Å²) in [5.41, 5.74) is -2.48. The molecule has 2 aromatic carbocycles. The molecule has 0 bridgehead atoms. The Morgan fingerprint density at radius 1 is 0.643 bits per heavy atom. The smallest absolute Gasteiger partial charge is 0.197 e. The largest absolute Gasteiger partial charge is 0.508 e. The number of hydrogen-bond acceptors (Lipinski definition) is 15. The molecule has 0 saturated carbocycles. The minimum atomic E-state index is -2.02. The molecule has 15 heteroatoms. The van der Waals surface area contributed by atoms with Crippen LogP contribution in [-0.2, 0) is 9.47 Å². The van der Waals surface area contributed by atoms with Crippen molar-refractivity contribution in [2.45, 2.75) is 61.0 Å². The van der Waals surface area contributed by atoms with Crippen LogP contribution in [0.4, 0.5) is 0 Å². The molecule has 5 rings (SSSR count). The Morgan fingerprint density at radius 2 is 1.14 bits per heavy atom. The second kappa shape index (κ2) is 11.4. The lowest BCUT2D eigenvalue weighted by Crippen LogP contribution is -2.55. The first-order valence-electron chi connectivity index (χ1n) is 12.9. The summed E-state index contributed by atoms with van der Waals surface area (Å²) in [7, 11) is 0. The average Bonchev–Trinajstić information content (AvgIpc) is 2.97. The molecule has 0 radical (unpaired) electrons. The second-order valence-electron chi connectivity index (χ2n) is 10.2. The van der Waals surface area contributed by atoms with Crippen LogP contribution in [0, 0.1) is 0 Å². The highest BCUT2D eigenvalue weighted by Gasteiger charge is 2.50. The highest BCUT2D eigenvalue weighted by atomic mass is 16.6. The van der Waals surface area contributed by atoms with E-state index in [0.717, 1.165) is 6.07 Å². The first-order chi connectivity index (χ1) is 19.9. The van der Waals surface area contributed by atoms with Crippen LogP contribution in [0.15, 0.2) is 39.5 Å². The molecule has 42 heavy (non-hydrogen) atoms. The Morgan fingerprint density at radius 3 is 1.64 bits per heavy atom. The van der Waals surface area contributed by atoms with E-state index in [1.54, 1.807) is 0 Å². The van der Waals surface area contributed by atoms with Crippen LogP contribution in [0.1, 0.15) is 23.3 Å². The molecule has 0 spiro atoms. The number of ether oxygens (including phenoxy) is 2. The summed E-state index contributed by atoms with van der Waals surface area (Å²) >= 11 is 0. The molecule has 228 valence electrons. The van der Waals surface area contributed by atoms with Gasteiger partial charge in [0, 0.05) is 11.6 Å². The van der Waals surface area contributed by atoms with E-state index < -0.39 is 113 Å². The molecule has 3 aromatic rings. The molecule has 2 aliphatic heterocycles. The summed E-state index contributed by atoms with van der Waals surface area (Å²) < 4.78 is 17.0. The molecular weight excluding hydrogens is 564 g/mol. The molecule has 2 fully saturated rings. The number of phenolic OH excluding ortho intramolecular Hbond substituents is 3. The van der Waals surface area contributed by atoms with Crippen molar-refractivity contribution < 1.29 is 70.1 Å². The summed E-state index contributed by atoms with van der Waals surface area (Å²) in [6, 6.07) is 6.37. The zero-order chi connectivity index (χ0) is 30.6. The number of aromatic hydroxyl groups is 3. The predicted octanol–water partition coefficient (Wildman–Crippen LogP) is -2.39. The van der Waals surface area contributed by atoms with Crippen LogP contribution in [0.5, 0.6) is 17.2 Å². The molecule has 3 heterocycles. The molecule has 1 aromatic heterocycles. The number of aliphatic hydroxyl groups is 8. The molecule has 10 atom stereocenters. The van der Waals surface area contributed by atoms with Crippen molar-refractivity contribution in [2.75, 3.05) is 13.2 Å². The number of aliphatic hydroxyl groups excluding tert-OH is 8. The summed E-state index contributed by atoms with van der Waals surface area (Å²) in [6.45, 7) is -1.70. The number of hydrogen-bond donors (Lipinski definition) is 11. The maximum atomic E-state index is 13.5. The van der Waals surface area contributed by atoms with E-state index in [4.69, 9.17) is 13.9 Å². The van der Waals surface area contributed by atoms with E-state index in [1.807, 2.05) is 0 Å². The molecule has 0 unspecified atom stereocenters. The first kappa shape index (κ1) is 30.1. The van der Waals surface area contributed by atoms with Gasteiger partial charge in [0.15, 0.2) is 11.0 Å². The highest BCUT2D eigenvalue weighted by Crippen LogP contribution is 2.51. The average molecular weight is 595 g/mol. The molecule has 11 N–H and O–H groups in total. The molecular formula is C27H30O15. The van der Waals surface area contributed by atoms with E-state index in [-0.39, 0.29) is 17.1 Å². The summed E-state index contributed by atoms with van der Waals surface area (Å²) in [5, 5.41) is 114. The normalized spacial score (nSPS) is 33.6. The molecule has 2 aliphatic rings. The fourth-order valence-electron chi connectivity index (χ4n) is 5.39. The lowest BCUT2D eigenvalue weighted by molar-refractivity contribution is -0.234. The molecule has 0 aliphatic carbocycles.